The van der Waals surface area contributed by atoms with Gasteiger partial charge >= 0.3 is 0 Å². The fourth-order valence-electron chi connectivity index (χ4n) is 3.02. The molecule has 0 radical (unpaired) electrons. The Morgan fingerprint density at radius 3 is 2.54 bits per heavy atom. The molecule has 1 aromatic carbocycles. The van der Waals surface area contributed by atoms with Gasteiger partial charge in [0, 0.05) is 16.7 Å². The SMILES string of the molecule is CCC(C)=Nn1c(-c2ccc(C)cc2)csc1=NC1CCCCC1. The molecule has 0 bridgehead atoms. The van der Waals surface area contributed by atoms with Crippen LogP contribution in [0.25, 0.3) is 11.3 Å². The summed E-state index contributed by atoms with van der Waals surface area (Å²) in [5.74, 6) is 0. The van der Waals surface area contributed by atoms with Crippen molar-refractivity contribution < 1.29 is 0 Å². The molecular formula is C20H27N3S. The molecule has 4 heteroatoms. The van der Waals surface area contributed by atoms with Gasteiger partial charge in [0.15, 0.2) is 0 Å². The lowest BCUT2D eigenvalue weighted by Gasteiger charge is -2.17. The molecule has 24 heavy (non-hydrogen) atoms. The molecular weight excluding hydrogens is 314 g/mol. The Balaban J connectivity index is 2.06. The van der Waals surface area contributed by atoms with Crippen molar-refractivity contribution in [3.8, 4) is 11.3 Å². The number of aromatic nitrogens is 1. The van der Waals surface area contributed by atoms with Gasteiger partial charge in [-0.1, -0.05) is 56.0 Å². The standard InChI is InChI=1S/C20H27N3S/c1-4-16(3)22-23-19(17-12-10-15(2)11-13-17)14-24-20(23)21-18-8-6-5-7-9-18/h10-14,18H,4-9H2,1-3H3. The summed E-state index contributed by atoms with van der Waals surface area (Å²) >= 11 is 1.71. The molecule has 0 amide bonds. The fraction of sp³-hybridized carbons (Fsp3) is 0.500. The first-order chi connectivity index (χ1) is 11.7. The lowest BCUT2D eigenvalue weighted by atomic mass is 9.96. The number of thiazole rings is 1. The highest BCUT2D eigenvalue weighted by molar-refractivity contribution is 7.07. The highest BCUT2D eigenvalue weighted by atomic mass is 32.1. The van der Waals surface area contributed by atoms with E-state index in [2.05, 4.69) is 55.1 Å². The molecule has 3 nitrogen and oxygen atoms in total. The monoisotopic (exact) mass is 341 g/mol. The third-order valence-corrected chi connectivity index (χ3v) is 5.51. The Morgan fingerprint density at radius 2 is 1.88 bits per heavy atom. The predicted molar refractivity (Wildman–Crippen MR) is 104 cm³/mol. The first kappa shape index (κ1) is 17.2. The molecule has 3 rings (SSSR count). The molecule has 0 unspecified atom stereocenters. The van der Waals surface area contributed by atoms with Gasteiger partial charge < -0.3 is 0 Å². The molecule has 1 saturated carbocycles. The second-order valence-electron chi connectivity index (χ2n) is 6.69. The minimum Gasteiger partial charge on any atom is -0.254 e. The molecule has 0 aliphatic heterocycles. The zero-order valence-corrected chi connectivity index (χ0v) is 15.8. The highest BCUT2D eigenvalue weighted by Crippen LogP contribution is 2.23. The van der Waals surface area contributed by atoms with Crippen molar-refractivity contribution in [3.63, 3.8) is 0 Å². The van der Waals surface area contributed by atoms with Gasteiger partial charge in [-0.3, -0.25) is 4.99 Å². The van der Waals surface area contributed by atoms with Crippen molar-refractivity contribution >= 4 is 17.0 Å². The smallest absolute Gasteiger partial charge is 0.206 e. The first-order valence-electron chi connectivity index (χ1n) is 9.03. The van der Waals surface area contributed by atoms with Crippen molar-refractivity contribution in [1.29, 1.82) is 0 Å². The summed E-state index contributed by atoms with van der Waals surface area (Å²) < 4.78 is 2.06. The van der Waals surface area contributed by atoms with Gasteiger partial charge in [0.2, 0.25) is 4.80 Å². The normalized spacial score (nSPS) is 17.5. The molecule has 1 heterocycles. The van der Waals surface area contributed by atoms with Crippen molar-refractivity contribution in [3.05, 3.63) is 40.0 Å². The lowest BCUT2D eigenvalue weighted by Crippen LogP contribution is -2.19. The molecule has 1 aromatic heterocycles. The third-order valence-electron chi connectivity index (χ3n) is 4.68. The zero-order chi connectivity index (χ0) is 16.9. The van der Waals surface area contributed by atoms with E-state index in [1.807, 2.05) is 0 Å². The van der Waals surface area contributed by atoms with Crippen molar-refractivity contribution in [2.75, 3.05) is 0 Å². The minimum absolute atomic E-state index is 0.464. The van der Waals surface area contributed by atoms with Gasteiger partial charge in [0.1, 0.15) is 0 Å². The molecule has 0 atom stereocenters. The largest absolute Gasteiger partial charge is 0.254 e. The Morgan fingerprint density at radius 1 is 1.17 bits per heavy atom. The molecule has 1 aliphatic carbocycles. The number of hydrogen-bond donors (Lipinski definition) is 0. The van der Waals surface area contributed by atoms with Gasteiger partial charge in [-0.25, -0.2) is 4.68 Å². The topological polar surface area (TPSA) is 29.6 Å². The van der Waals surface area contributed by atoms with Crippen LogP contribution in [0.3, 0.4) is 0 Å². The van der Waals surface area contributed by atoms with E-state index in [0.717, 1.165) is 22.6 Å². The van der Waals surface area contributed by atoms with Gasteiger partial charge in [-0.05, 0) is 33.1 Å². The van der Waals surface area contributed by atoms with E-state index in [9.17, 15) is 0 Å². The number of aryl methyl sites for hydroxylation is 1. The number of nitrogens with zero attached hydrogens (tertiary/aromatic N) is 3. The third kappa shape index (κ3) is 4.04. The van der Waals surface area contributed by atoms with E-state index < -0.39 is 0 Å². The van der Waals surface area contributed by atoms with E-state index >= 15 is 0 Å². The van der Waals surface area contributed by atoms with E-state index in [0.29, 0.717) is 6.04 Å². The van der Waals surface area contributed by atoms with E-state index in [1.54, 1.807) is 11.3 Å². The van der Waals surface area contributed by atoms with Crippen molar-refractivity contribution in [2.24, 2.45) is 10.1 Å². The van der Waals surface area contributed by atoms with Crippen LogP contribution in [0.5, 0.6) is 0 Å². The summed E-state index contributed by atoms with van der Waals surface area (Å²) in [6, 6.07) is 9.13. The fourth-order valence-corrected chi connectivity index (χ4v) is 3.92. The summed E-state index contributed by atoms with van der Waals surface area (Å²) in [6.45, 7) is 6.36. The minimum atomic E-state index is 0.464. The molecule has 0 spiro atoms. The number of hydrogen-bond acceptors (Lipinski definition) is 3. The second kappa shape index (κ2) is 7.93. The van der Waals surface area contributed by atoms with Gasteiger partial charge in [-0.15, -0.1) is 11.3 Å². The Hall–Kier alpha value is -1.68. The van der Waals surface area contributed by atoms with Gasteiger partial charge in [0.05, 0.1) is 11.7 Å². The second-order valence-corrected chi connectivity index (χ2v) is 7.53. The maximum Gasteiger partial charge on any atom is 0.206 e. The van der Waals surface area contributed by atoms with Crippen molar-refractivity contribution in [2.45, 2.75) is 65.3 Å². The van der Waals surface area contributed by atoms with Crippen molar-refractivity contribution in [1.82, 2.24) is 4.68 Å². The predicted octanol–water partition coefficient (Wildman–Crippen LogP) is 5.39. The van der Waals surface area contributed by atoms with Crippen LogP contribution in [0, 0.1) is 6.92 Å². The van der Waals surface area contributed by atoms with Crippen LogP contribution in [0.15, 0.2) is 39.7 Å². The van der Waals surface area contributed by atoms with E-state index in [4.69, 9.17) is 10.1 Å². The maximum absolute atomic E-state index is 5.04. The van der Waals surface area contributed by atoms with Crippen LogP contribution in [0.2, 0.25) is 0 Å². The summed E-state index contributed by atoms with van der Waals surface area (Å²) in [7, 11) is 0. The first-order valence-corrected chi connectivity index (χ1v) is 9.91. The van der Waals surface area contributed by atoms with Gasteiger partial charge in [0.25, 0.3) is 0 Å². The Labute approximate surface area is 148 Å². The van der Waals surface area contributed by atoms with Crippen LogP contribution in [-0.2, 0) is 0 Å². The maximum atomic E-state index is 5.04. The average molecular weight is 342 g/mol. The van der Waals surface area contributed by atoms with Crippen LogP contribution in [0.1, 0.15) is 57.9 Å². The number of rotatable bonds is 4. The van der Waals surface area contributed by atoms with Crippen LogP contribution < -0.4 is 4.80 Å². The Bertz CT molecular complexity index is 759. The van der Waals surface area contributed by atoms with E-state index in [1.165, 1.54) is 43.2 Å². The highest BCUT2D eigenvalue weighted by Gasteiger charge is 2.14. The van der Waals surface area contributed by atoms with Crippen LogP contribution >= 0.6 is 11.3 Å². The summed E-state index contributed by atoms with van der Waals surface area (Å²) in [4.78, 5) is 6.08. The summed E-state index contributed by atoms with van der Waals surface area (Å²) in [6.07, 6.45) is 7.36. The van der Waals surface area contributed by atoms with Gasteiger partial charge in [-0.2, -0.15) is 5.10 Å². The zero-order valence-electron chi connectivity index (χ0n) is 15.0. The molecule has 1 fully saturated rings. The number of benzene rings is 1. The molecule has 2 aromatic rings. The van der Waals surface area contributed by atoms with Crippen LogP contribution in [-0.4, -0.2) is 16.4 Å². The summed E-state index contributed by atoms with van der Waals surface area (Å²) in [5, 5.41) is 7.04. The summed E-state index contributed by atoms with van der Waals surface area (Å²) in [5.41, 5.74) is 4.75. The molecule has 128 valence electrons. The molecule has 0 N–H and O–H groups in total. The quantitative estimate of drug-likeness (QED) is 0.667. The Kier molecular flexibility index (Phi) is 5.67. The average Bonchev–Trinajstić information content (AvgIpc) is 2.99. The van der Waals surface area contributed by atoms with E-state index in [-0.39, 0.29) is 0 Å². The lowest BCUT2D eigenvalue weighted by molar-refractivity contribution is 0.435. The molecule has 0 saturated heterocycles. The molecule has 1 aliphatic rings. The van der Waals surface area contributed by atoms with Crippen LogP contribution in [0.4, 0.5) is 0 Å².